The summed E-state index contributed by atoms with van der Waals surface area (Å²) in [6, 6.07) is 9.03. The number of aromatic nitrogens is 4. The van der Waals surface area contributed by atoms with Crippen LogP contribution in [0.3, 0.4) is 0 Å². The molecule has 2 unspecified atom stereocenters. The van der Waals surface area contributed by atoms with E-state index in [0.29, 0.717) is 23.8 Å². The van der Waals surface area contributed by atoms with Crippen LogP contribution < -0.4 is 20.4 Å². The van der Waals surface area contributed by atoms with Gasteiger partial charge in [0.15, 0.2) is 0 Å². The van der Waals surface area contributed by atoms with Crippen LogP contribution in [0, 0.1) is 24.6 Å². The lowest BCUT2D eigenvalue weighted by molar-refractivity contribution is 0.375. The number of hydrogen-bond donors (Lipinski definition) is 2. The standard InChI is InChI=1S/C26H31FN8/c1-15-11-35(20-8-6-19(27)7-9-20)25-22(15)24(28-3)32-26(33-25)31-23-17-4-5-18(23)13-34(12-17)21-10-16(2)29-14-30-21/h6-10,14-15,17-18,23H,4-5,11-13H2,1-3H3,(H2,28,31,32,33)/t15-,17+,18?,23?/m1/s1. The van der Waals surface area contributed by atoms with Gasteiger partial charge >= 0.3 is 0 Å². The highest BCUT2D eigenvalue weighted by Gasteiger charge is 2.43. The van der Waals surface area contributed by atoms with E-state index in [2.05, 4.69) is 43.4 Å². The summed E-state index contributed by atoms with van der Waals surface area (Å²) in [6.07, 6.45) is 4.03. The number of nitrogens with zero attached hydrogens (tertiary/aromatic N) is 6. The number of fused-ring (bicyclic) bond motifs is 3. The van der Waals surface area contributed by atoms with E-state index in [4.69, 9.17) is 9.97 Å². The summed E-state index contributed by atoms with van der Waals surface area (Å²) in [7, 11) is 1.91. The summed E-state index contributed by atoms with van der Waals surface area (Å²) in [5, 5.41) is 7.01. The first-order valence-corrected chi connectivity index (χ1v) is 12.4. The van der Waals surface area contributed by atoms with Gasteiger partial charge in [-0.05, 0) is 55.9 Å². The fourth-order valence-corrected chi connectivity index (χ4v) is 6.08. The van der Waals surface area contributed by atoms with Gasteiger partial charge in [-0.3, -0.25) is 0 Å². The van der Waals surface area contributed by atoms with Crippen molar-refractivity contribution in [3.8, 4) is 0 Å². The van der Waals surface area contributed by atoms with Crippen LogP contribution in [-0.4, -0.2) is 52.7 Å². The Labute approximate surface area is 205 Å². The third-order valence-electron chi connectivity index (χ3n) is 7.75. The van der Waals surface area contributed by atoms with Crippen molar-refractivity contribution in [2.24, 2.45) is 11.8 Å². The zero-order valence-corrected chi connectivity index (χ0v) is 20.4. The molecule has 6 rings (SSSR count). The van der Waals surface area contributed by atoms with E-state index >= 15 is 0 Å². The Morgan fingerprint density at radius 1 is 1.00 bits per heavy atom. The smallest absolute Gasteiger partial charge is 0.226 e. The van der Waals surface area contributed by atoms with Gasteiger partial charge in [0.1, 0.15) is 29.6 Å². The Balaban J connectivity index is 1.27. The molecule has 0 radical (unpaired) electrons. The van der Waals surface area contributed by atoms with Gasteiger partial charge in [0.05, 0.1) is 0 Å². The number of aryl methyl sites for hydroxylation is 1. The zero-order chi connectivity index (χ0) is 24.1. The Bertz CT molecular complexity index is 1220. The quantitative estimate of drug-likeness (QED) is 0.565. The highest BCUT2D eigenvalue weighted by atomic mass is 19.1. The van der Waals surface area contributed by atoms with E-state index in [1.807, 2.05) is 26.1 Å². The molecule has 4 atom stereocenters. The number of nitrogens with one attached hydrogen (secondary N) is 2. The van der Waals surface area contributed by atoms with Gasteiger partial charge in [-0.25, -0.2) is 14.4 Å². The molecule has 8 nitrogen and oxygen atoms in total. The van der Waals surface area contributed by atoms with Gasteiger partial charge in [-0.1, -0.05) is 6.92 Å². The number of piperidine rings is 1. The minimum Gasteiger partial charge on any atom is -0.373 e. The summed E-state index contributed by atoms with van der Waals surface area (Å²) in [5.74, 6) is 4.47. The Morgan fingerprint density at radius 2 is 1.74 bits per heavy atom. The summed E-state index contributed by atoms with van der Waals surface area (Å²) >= 11 is 0. The van der Waals surface area contributed by atoms with Gasteiger partial charge < -0.3 is 20.4 Å². The number of halogens is 1. The second kappa shape index (κ2) is 8.62. The minimum atomic E-state index is -0.235. The SMILES string of the molecule is CNc1nc(NC2C3CC[C@H]2CN(c2cc(C)ncn2)C3)nc2c1[C@H](C)CN2c1ccc(F)cc1. The van der Waals surface area contributed by atoms with Crippen molar-refractivity contribution < 1.29 is 4.39 Å². The average molecular weight is 475 g/mol. The molecule has 2 N–H and O–H groups in total. The second-order valence-corrected chi connectivity index (χ2v) is 10.1. The molecule has 1 aliphatic carbocycles. The molecular formula is C26H31FN8. The predicted molar refractivity (Wildman–Crippen MR) is 136 cm³/mol. The van der Waals surface area contributed by atoms with Gasteiger partial charge in [0.2, 0.25) is 5.95 Å². The van der Waals surface area contributed by atoms with Crippen molar-refractivity contribution >= 4 is 29.1 Å². The van der Waals surface area contributed by atoms with Crippen LogP contribution in [0.4, 0.5) is 33.5 Å². The first-order valence-electron chi connectivity index (χ1n) is 12.4. The number of rotatable bonds is 5. The molecule has 3 aromatic rings. The van der Waals surface area contributed by atoms with Crippen LogP contribution in [0.5, 0.6) is 0 Å². The normalized spacial score (nSPS) is 25.0. The van der Waals surface area contributed by atoms with E-state index in [9.17, 15) is 4.39 Å². The third-order valence-corrected chi connectivity index (χ3v) is 7.75. The van der Waals surface area contributed by atoms with Gasteiger partial charge in [-0.2, -0.15) is 9.97 Å². The molecular weight excluding hydrogens is 443 g/mol. The molecule has 2 aromatic heterocycles. The lowest BCUT2D eigenvalue weighted by atomic mass is 9.92. The Morgan fingerprint density at radius 3 is 2.43 bits per heavy atom. The summed E-state index contributed by atoms with van der Waals surface area (Å²) in [4.78, 5) is 23.2. The first kappa shape index (κ1) is 22.0. The fraction of sp³-hybridized carbons (Fsp3) is 0.462. The molecule has 0 spiro atoms. The number of anilines is 5. The third kappa shape index (κ3) is 3.92. The molecule has 1 aromatic carbocycles. The lowest BCUT2D eigenvalue weighted by Gasteiger charge is -2.39. The van der Waals surface area contributed by atoms with Crippen molar-refractivity contribution in [3.05, 3.63) is 53.7 Å². The summed E-state index contributed by atoms with van der Waals surface area (Å²) in [6.45, 7) is 6.91. The molecule has 1 saturated carbocycles. The maximum atomic E-state index is 13.5. The lowest BCUT2D eigenvalue weighted by Crippen LogP contribution is -2.48. The zero-order valence-electron chi connectivity index (χ0n) is 20.4. The molecule has 4 heterocycles. The first-order chi connectivity index (χ1) is 17.0. The van der Waals surface area contributed by atoms with Crippen molar-refractivity contribution in [2.45, 2.75) is 38.6 Å². The van der Waals surface area contributed by atoms with Crippen LogP contribution in [0.15, 0.2) is 36.7 Å². The van der Waals surface area contributed by atoms with Crippen molar-refractivity contribution in [3.63, 3.8) is 0 Å². The van der Waals surface area contributed by atoms with Crippen LogP contribution >= 0.6 is 0 Å². The van der Waals surface area contributed by atoms with E-state index in [1.54, 1.807) is 6.33 Å². The minimum absolute atomic E-state index is 0.235. The molecule has 2 fully saturated rings. The van der Waals surface area contributed by atoms with E-state index in [-0.39, 0.29) is 11.7 Å². The van der Waals surface area contributed by atoms with Crippen molar-refractivity contribution in [1.29, 1.82) is 0 Å². The number of benzene rings is 1. The Hall–Kier alpha value is -3.49. The highest BCUT2D eigenvalue weighted by molar-refractivity contribution is 5.74. The monoisotopic (exact) mass is 474 g/mol. The molecule has 0 amide bonds. The van der Waals surface area contributed by atoms with E-state index in [0.717, 1.165) is 54.0 Å². The van der Waals surface area contributed by atoms with Crippen molar-refractivity contribution in [2.75, 3.05) is 47.1 Å². The fourth-order valence-electron chi connectivity index (χ4n) is 6.08. The van der Waals surface area contributed by atoms with Crippen LogP contribution in [-0.2, 0) is 0 Å². The predicted octanol–water partition coefficient (Wildman–Crippen LogP) is 4.34. The average Bonchev–Trinajstić information content (AvgIpc) is 3.29. The van der Waals surface area contributed by atoms with Gasteiger partial charge in [-0.15, -0.1) is 0 Å². The van der Waals surface area contributed by atoms with E-state index < -0.39 is 0 Å². The van der Waals surface area contributed by atoms with Crippen LogP contribution in [0.25, 0.3) is 0 Å². The molecule has 3 aliphatic rings. The highest BCUT2D eigenvalue weighted by Crippen LogP contribution is 2.44. The molecule has 35 heavy (non-hydrogen) atoms. The van der Waals surface area contributed by atoms with Crippen molar-refractivity contribution in [1.82, 2.24) is 19.9 Å². The molecule has 2 aliphatic heterocycles. The molecule has 9 heteroatoms. The molecule has 2 bridgehead atoms. The largest absolute Gasteiger partial charge is 0.373 e. The number of hydrogen-bond acceptors (Lipinski definition) is 8. The van der Waals surface area contributed by atoms with Gasteiger partial charge in [0, 0.05) is 61.7 Å². The topological polar surface area (TPSA) is 82.1 Å². The molecule has 182 valence electrons. The van der Waals surface area contributed by atoms with Crippen LogP contribution in [0.1, 0.15) is 36.9 Å². The Kier molecular flexibility index (Phi) is 5.42. The van der Waals surface area contributed by atoms with Gasteiger partial charge in [0.25, 0.3) is 0 Å². The molecule has 1 saturated heterocycles. The second-order valence-electron chi connectivity index (χ2n) is 10.1. The summed E-state index contributed by atoms with van der Waals surface area (Å²) in [5.41, 5.74) is 3.05. The summed E-state index contributed by atoms with van der Waals surface area (Å²) < 4.78 is 13.5. The maximum Gasteiger partial charge on any atom is 0.226 e. The van der Waals surface area contributed by atoms with Crippen LogP contribution in [0.2, 0.25) is 0 Å². The van der Waals surface area contributed by atoms with E-state index in [1.165, 1.54) is 25.0 Å². The maximum absolute atomic E-state index is 13.5.